The van der Waals surface area contributed by atoms with E-state index in [1.54, 1.807) is 6.08 Å². The van der Waals surface area contributed by atoms with Crippen LogP contribution in [0.15, 0.2) is 24.8 Å². The average molecular weight is 168 g/mol. The highest BCUT2D eigenvalue weighted by Crippen LogP contribution is 2.13. The first kappa shape index (κ1) is 9.00. The van der Waals surface area contributed by atoms with Gasteiger partial charge < -0.3 is 9.84 Å². The van der Waals surface area contributed by atoms with Gasteiger partial charge in [-0.15, -0.1) is 6.58 Å². The van der Waals surface area contributed by atoms with Gasteiger partial charge in [0.2, 0.25) is 0 Å². The molecule has 0 fully saturated rings. The Hall–Kier alpha value is -1.09. The molecular formula is C9H12O3. The van der Waals surface area contributed by atoms with Gasteiger partial charge in [0, 0.05) is 18.9 Å². The molecule has 2 atom stereocenters. The smallest absolute Gasteiger partial charge is 0.330 e. The van der Waals surface area contributed by atoms with Crippen LogP contribution in [0, 0.1) is 0 Å². The number of esters is 1. The van der Waals surface area contributed by atoms with Crippen LogP contribution in [-0.2, 0) is 9.53 Å². The van der Waals surface area contributed by atoms with Crippen molar-refractivity contribution in [1.82, 2.24) is 0 Å². The molecule has 1 N–H and O–H groups in total. The largest absolute Gasteiger partial charge is 0.459 e. The fraction of sp³-hybridized carbons (Fsp3) is 0.444. The molecule has 0 amide bonds. The highest BCUT2D eigenvalue weighted by Gasteiger charge is 2.17. The molecule has 1 rings (SSSR count). The summed E-state index contributed by atoms with van der Waals surface area (Å²) in [7, 11) is 0. The normalized spacial score (nSPS) is 24.8. The Balaban J connectivity index is 2.39. The van der Waals surface area contributed by atoms with Crippen LogP contribution in [0.4, 0.5) is 0 Å². The molecule has 12 heavy (non-hydrogen) atoms. The Morgan fingerprint density at radius 3 is 3.25 bits per heavy atom. The van der Waals surface area contributed by atoms with E-state index in [1.807, 2.05) is 0 Å². The van der Waals surface area contributed by atoms with E-state index in [2.05, 4.69) is 6.58 Å². The van der Waals surface area contributed by atoms with Gasteiger partial charge in [-0.2, -0.15) is 0 Å². The molecule has 0 saturated heterocycles. The molecule has 0 radical (unpaired) electrons. The SMILES string of the molecule is C=C[C@H](O)C[C@H]1CC=CC(=O)O1. The Labute approximate surface area is 71.3 Å². The van der Waals surface area contributed by atoms with Gasteiger partial charge in [-0.25, -0.2) is 4.79 Å². The van der Waals surface area contributed by atoms with E-state index in [0.29, 0.717) is 12.8 Å². The van der Waals surface area contributed by atoms with E-state index in [0.717, 1.165) is 0 Å². The highest BCUT2D eigenvalue weighted by molar-refractivity contribution is 5.82. The Bertz CT molecular complexity index is 208. The van der Waals surface area contributed by atoms with Crippen molar-refractivity contribution in [3.63, 3.8) is 0 Å². The van der Waals surface area contributed by atoms with Gasteiger partial charge in [0.15, 0.2) is 0 Å². The van der Waals surface area contributed by atoms with Gasteiger partial charge >= 0.3 is 5.97 Å². The quantitative estimate of drug-likeness (QED) is 0.500. The van der Waals surface area contributed by atoms with E-state index in [1.165, 1.54) is 12.2 Å². The number of hydrogen-bond acceptors (Lipinski definition) is 3. The molecule has 0 bridgehead atoms. The summed E-state index contributed by atoms with van der Waals surface area (Å²) in [5.41, 5.74) is 0. The average Bonchev–Trinajstić information content (AvgIpc) is 2.04. The minimum atomic E-state index is -0.589. The molecule has 0 aromatic carbocycles. The predicted molar refractivity (Wildman–Crippen MR) is 44.5 cm³/mol. The van der Waals surface area contributed by atoms with E-state index in [9.17, 15) is 4.79 Å². The molecule has 0 unspecified atom stereocenters. The molecule has 0 aromatic rings. The zero-order valence-corrected chi connectivity index (χ0v) is 6.77. The summed E-state index contributed by atoms with van der Waals surface area (Å²) in [4.78, 5) is 10.7. The summed E-state index contributed by atoms with van der Waals surface area (Å²) in [5.74, 6) is -0.331. The third-order valence-corrected chi connectivity index (χ3v) is 1.71. The van der Waals surface area contributed by atoms with Crippen LogP contribution in [0.2, 0.25) is 0 Å². The lowest BCUT2D eigenvalue weighted by molar-refractivity contribution is -0.145. The zero-order valence-electron chi connectivity index (χ0n) is 6.77. The first-order valence-corrected chi connectivity index (χ1v) is 3.90. The van der Waals surface area contributed by atoms with Crippen LogP contribution in [0.25, 0.3) is 0 Å². The summed E-state index contributed by atoms with van der Waals surface area (Å²) in [5, 5.41) is 9.16. The van der Waals surface area contributed by atoms with Gasteiger partial charge in [-0.05, 0) is 0 Å². The summed E-state index contributed by atoms with van der Waals surface area (Å²) in [6.45, 7) is 3.44. The zero-order chi connectivity index (χ0) is 8.97. The molecule has 3 nitrogen and oxygen atoms in total. The lowest BCUT2D eigenvalue weighted by atomic mass is 10.1. The van der Waals surface area contributed by atoms with Crippen LogP contribution in [-0.4, -0.2) is 23.3 Å². The molecule has 1 aliphatic rings. The van der Waals surface area contributed by atoms with Crippen LogP contribution in [0.3, 0.4) is 0 Å². The molecule has 0 aromatic heterocycles. The van der Waals surface area contributed by atoms with Crippen molar-refractivity contribution in [3.05, 3.63) is 24.8 Å². The van der Waals surface area contributed by atoms with Gasteiger partial charge in [0.1, 0.15) is 6.10 Å². The monoisotopic (exact) mass is 168 g/mol. The highest BCUT2D eigenvalue weighted by atomic mass is 16.5. The number of cyclic esters (lactones) is 1. The second-order valence-corrected chi connectivity index (χ2v) is 2.74. The molecule has 0 aliphatic carbocycles. The maximum absolute atomic E-state index is 10.7. The van der Waals surface area contributed by atoms with Crippen molar-refractivity contribution in [2.75, 3.05) is 0 Å². The maximum atomic E-state index is 10.7. The summed E-state index contributed by atoms with van der Waals surface area (Å²) in [6.07, 6.45) is 4.91. The van der Waals surface area contributed by atoms with Crippen molar-refractivity contribution in [3.8, 4) is 0 Å². The summed E-state index contributed by atoms with van der Waals surface area (Å²) in [6, 6.07) is 0. The number of hydrogen-bond donors (Lipinski definition) is 1. The van der Waals surface area contributed by atoms with E-state index in [4.69, 9.17) is 9.84 Å². The molecule has 1 aliphatic heterocycles. The Kier molecular flexibility index (Phi) is 3.05. The second kappa shape index (κ2) is 4.07. The topological polar surface area (TPSA) is 46.5 Å². The first-order valence-electron chi connectivity index (χ1n) is 3.90. The number of ether oxygens (including phenoxy) is 1. The maximum Gasteiger partial charge on any atom is 0.330 e. The molecule has 1 heterocycles. The predicted octanol–water partition coefficient (Wildman–Crippen LogP) is 0.795. The van der Waals surface area contributed by atoms with Gasteiger partial charge in [0.05, 0.1) is 6.10 Å². The molecule has 0 spiro atoms. The van der Waals surface area contributed by atoms with Crippen molar-refractivity contribution in [1.29, 1.82) is 0 Å². The van der Waals surface area contributed by atoms with Crippen LogP contribution < -0.4 is 0 Å². The van der Waals surface area contributed by atoms with Crippen LogP contribution >= 0.6 is 0 Å². The minimum absolute atomic E-state index is 0.199. The van der Waals surface area contributed by atoms with Crippen LogP contribution in [0.5, 0.6) is 0 Å². The van der Waals surface area contributed by atoms with Crippen molar-refractivity contribution < 1.29 is 14.6 Å². The fourth-order valence-corrected chi connectivity index (χ4v) is 1.08. The van der Waals surface area contributed by atoms with Gasteiger partial charge in [-0.3, -0.25) is 0 Å². The lowest BCUT2D eigenvalue weighted by Crippen LogP contribution is -2.24. The number of carbonyl (C=O) groups is 1. The molecule has 66 valence electrons. The number of aliphatic hydroxyl groups excluding tert-OH is 1. The number of aliphatic hydroxyl groups is 1. The lowest BCUT2D eigenvalue weighted by Gasteiger charge is -2.19. The molecule has 3 heteroatoms. The van der Waals surface area contributed by atoms with Crippen molar-refractivity contribution in [2.24, 2.45) is 0 Å². The van der Waals surface area contributed by atoms with Gasteiger partial charge in [0.25, 0.3) is 0 Å². The van der Waals surface area contributed by atoms with Crippen molar-refractivity contribution in [2.45, 2.75) is 25.0 Å². The fourth-order valence-electron chi connectivity index (χ4n) is 1.08. The van der Waals surface area contributed by atoms with E-state index in [-0.39, 0.29) is 12.1 Å². The van der Waals surface area contributed by atoms with Crippen LogP contribution in [0.1, 0.15) is 12.8 Å². The van der Waals surface area contributed by atoms with Gasteiger partial charge in [-0.1, -0.05) is 12.2 Å². The third kappa shape index (κ3) is 2.51. The molecular weight excluding hydrogens is 156 g/mol. The van der Waals surface area contributed by atoms with E-state index >= 15 is 0 Å². The number of carbonyl (C=O) groups excluding carboxylic acids is 1. The summed E-state index contributed by atoms with van der Waals surface area (Å²) < 4.78 is 4.93. The Morgan fingerprint density at radius 1 is 1.92 bits per heavy atom. The first-order chi connectivity index (χ1) is 5.72. The summed E-state index contributed by atoms with van der Waals surface area (Å²) >= 11 is 0. The van der Waals surface area contributed by atoms with E-state index < -0.39 is 6.10 Å². The minimum Gasteiger partial charge on any atom is -0.459 e. The Morgan fingerprint density at radius 2 is 2.67 bits per heavy atom. The second-order valence-electron chi connectivity index (χ2n) is 2.74. The standard InChI is InChI=1S/C9H12O3/c1-2-7(10)6-8-4-3-5-9(11)12-8/h2-3,5,7-8,10H,1,4,6H2/t7-,8+/m0/s1. The number of rotatable bonds is 3. The third-order valence-electron chi connectivity index (χ3n) is 1.71. The van der Waals surface area contributed by atoms with Crippen molar-refractivity contribution >= 4 is 5.97 Å². The molecule has 0 saturated carbocycles.